The van der Waals surface area contributed by atoms with Gasteiger partial charge in [0.05, 0.1) is 10.0 Å². The van der Waals surface area contributed by atoms with Gasteiger partial charge in [0.1, 0.15) is 5.82 Å². The summed E-state index contributed by atoms with van der Waals surface area (Å²) in [6, 6.07) is 10.3. The summed E-state index contributed by atoms with van der Waals surface area (Å²) in [5, 5.41) is 0.776. The highest BCUT2D eigenvalue weighted by Crippen LogP contribution is 2.26. The maximum atomic E-state index is 14.0. The molecule has 0 amide bonds. The number of fused-ring (bicyclic) bond motifs is 1. The van der Waals surface area contributed by atoms with Gasteiger partial charge in [0.15, 0.2) is 5.78 Å². The standard InChI is InChI=1S/C15H8Br2FNO/c16-8-4-5-9-11(7-19-13(9)6-8)15(20)10-2-1-3-12(17)14(10)18/h1-7,19H. The average Bonchev–Trinajstić information content (AvgIpc) is 2.84. The quantitative estimate of drug-likeness (QED) is 0.603. The molecular formula is C15H8Br2FNO. The van der Waals surface area contributed by atoms with Crippen molar-refractivity contribution < 1.29 is 9.18 Å². The summed E-state index contributed by atoms with van der Waals surface area (Å²) in [5.74, 6) is -0.874. The molecule has 0 aliphatic rings. The largest absolute Gasteiger partial charge is 0.360 e. The lowest BCUT2D eigenvalue weighted by Gasteiger charge is -2.03. The lowest BCUT2D eigenvalue weighted by Crippen LogP contribution is -2.04. The third-order valence-electron chi connectivity index (χ3n) is 3.08. The van der Waals surface area contributed by atoms with Crippen LogP contribution in [-0.2, 0) is 0 Å². The van der Waals surface area contributed by atoms with E-state index in [-0.39, 0.29) is 15.8 Å². The number of aromatic amines is 1. The Morgan fingerprint density at radius 2 is 1.90 bits per heavy atom. The summed E-state index contributed by atoms with van der Waals surface area (Å²) >= 11 is 6.47. The van der Waals surface area contributed by atoms with Gasteiger partial charge < -0.3 is 4.98 Å². The summed E-state index contributed by atoms with van der Waals surface area (Å²) in [4.78, 5) is 15.5. The van der Waals surface area contributed by atoms with Crippen molar-refractivity contribution in [1.82, 2.24) is 4.98 Å². The van der Waals surface area contributed by atoms with Gasteiger partial charge in [-0.05, 0) is 40.2 Å². The molecule has 1 aromatic heterocycles. The van der Waals surface area contributed by atoms with Crippen LogP contribution in [0.25, 0.3) is 10.9 Å². The molecule has 0 fully saturated rings. The van der Waals surface area contributed by atoms with Crippen LogP contribution in [-0.4, -0.2) is 10.8 Å². The Hall–Kier alpha value is -1.46. The van der Waals surface area contributed by atoms with Crippen LogP contribution in [0.1, 0.15) is 15.9 Å². The molecule has 0 bridgehead atoms. The fraction of sp³-hybridized carbons (Fsp3) is 0. The summed E-state index contributed by atoms with van der Waals surface area (Å²) in [6.07, 6.45) is 1.61. The number of hydrogen-bond acceptors (Lipinski definition) is 1. The van der Waals surface area contributed by atoms with Crippen molar-refractivity contribution in [3.8, 4) is 0 Å². The monoisotopic (exact) mass is 395 g/mol. The van der Waals surface area contributed by atoms with Crippen LogP contribution >= 0.6 is 31.9 Å². The summed E-state index contributed by atoms with van der Waals surface area (Å²) in [5.41, 5.74) is 1.35. The van der Waals surface area contributed by atoms with E-state index in [1.165, 1.54) is 6.07 Å². The number of hydrogen-bond donors (Lipinski definition) is 1. The minimum atomic E-state index is -0.538. The van der Waals surface area contributed by atoms with Gasteiger partial charge in [-0.2, -0.15) is 0 Å². The number of halogens is 3. The van der Waals surface area contributed by atoms with Gasteiger partial charge in [0, 0.05) is 27.1 Å². The minimum Gasteiger partial charge on any atom is -0.360 e. The van der Waals surface area contributed by atoms with Gasteiger partial charge in [0.25, 0.3) is 0 Å². The van der Waals surface area contributed by atoms with Crippen molar-refractivity contribution in [2.24, 2.45) is 0 Å². The third-order valence-corrected chi connectivity index (χ3v) is 4.19. The van der Waals surface area contributed by atoms with Gasteiger partial charge in [-0.1, -0.05) is 28.1 Å². The van der Waals surface area contributed by atoms with E-state index in [2.05, 4.69) is 36.8 Å². The van der Waals surface area contributed by atoms with Crippen LogP contribution in [0.15, 0.2) is 51.5 Å². The molecule has 2 nitrogen and oxygen atoms in total. The predicted molar refractivity (Wildman–Crippen MR) is 83.5 cm³/mol. The van der Waals surface area contributed by atoms with Gasteiger partial charge in [-0.25, -0.2) is 4.39 Å². The van der Waals surface area contributed by atoms with E-state index in [4.69, 9.17) is 0 Å². The first-order valence-electron chi connectivity index (χ1n) is 5.83. The molecule has 5 heteroatoms. The van der Waals surface area contributed by atoms with Crippen LogP contribution in [0.5, 0.6) is 0 Å². The van der Waals surface area contributed by atoms with Crippen molar-refractivity contribution >= 4 is 48.5 Å². The highest BCUT2D eigenvalue weighted by molar-refractivity contribution is 9.10. The Morgan fingerprint density at radius 3 is 2.70 bits per heavy atom. The van der Waals surface area contributed by atoms with Crippen LogP contribution in [0.2, 0.25) is 0 Å². The first-order valence-corrected chi connectivity index (χ1v) is 7.42. The Morgan fingerprint density at radius 1 is 1.10 bits per heavy atom. The molecule has 3 rings (SSSR count). The van der Waals surface area contributed by atoms with Crippen molar-refractivity contribution in [3.63, 3.8) is 0 Å². The number of carbonyl (C=O) groups excluding carboxylic acids is 1. The lowest BCUT2D eigenvalue weighted by atomic mass is 10.0. The molecule has 0 aliphatic carbocycles. The molecular weight excluding hydrogens is 389 g/mol. The van der Waals surface area contributed by atoms with E-state index in [1.807, 2.05) is 18.2 Å². The molecule has 2 aromatic carbocycles. The molecule has 100 valence electrons. The Balaban J connectivity index is 2.16. The zero-order chi connectivity index (χ0) is 14.3. The Kier molecular flexibility index (Phi) is 3.48. The third kappa shape index (κ3) is 2.21. The molecule has 0 aliphatic heterocycles. The highest BCUT2D eigenvalue weighted by atomic mass is 79.9. The second kappa shape index (κ2) is 5.14. The maximum absolute atomic E-state index is 14.0. The number of benzene rings is 2. The van der Waals surface area contributed by atoms with Crippen molar-refractivity contribution in [2.45, 2.75) is 0 Å². The molecule has 20 heavy (non-hydrogen) atoms. The van der Waals surface area contributed by atoms with E-state index in [0.29, 0.717) is 5.56 Å². The molecule has 0 spiro atoms. The zero-order valence-corrected chi connectivity index (χ0v) is 13.3. The smallest absolute Gasteiger partial charge is 0.198 e. The Labute approximate surface area is 131 Å². The predicted octanol–water partition coefficient (Wildman–Crippen LogP) is 5.06. The SMILES string of the molecule is O=C(c1cccc(Br)c1F)c1c[nH]c2cc(Br)ccc12. The van der Waals surface area contributed by atoms with Crippen molar-refractivity contribution in [3.05, 3.63) is 68.5 Å². The molecule has 0 radical (unpaired) electrons. The van der Waals surface area contributed by atoms with E-state index >= 15 is 0 Å². The van der Waals surface area contributed by atoms with E-state index in [9.17, 15) is 9.18 Å². The Bertz CT molecular complexity index is 826. The molecule has 1 N–H and O–H groups in total. The van der Waals surface area contributed by atoms with Gasteiger partial charge in [0.2, 0.25) is 0 Å². The zero-order valence-electron chi connectivity index (χ0n) is 10.1. The second-order valence-corrected chi connectivity index (χ2v) is 6.09. The van der Waals surface area contributed by atoms with E-state index in [1.54, 1.807) is 18.3 Å². The number of aromatic nitrogens is 1. The first kappa shape index (κ1) is 13.5. The first-order chi connectivity index (χ1) is 9.58. The molecule has 0 saturated heterocycles. The number of H-pyrrole nitrogens is 1. The molecule has 0 atom stereocenters. The van der Waals surface area contributed by atoms with Crippen LogP contribution in [0.4, 0.5) is 4.39 Å². The van der Waals surface area contributed by atoms with Crippen LogP contribution < -0.4 is 0 Å². The number of carbonyl (C=O) groups is 1. The maximum Gasteiger partial charge on any atom is 0.198 e. The fourth-order valence-corrected chi connectivity index (χ4v) is 2.84. The van der Waals surface area contributed by atoms with E-state index in [0.717, 1.165) is 15.4 Å². The molecule has 3 aromatic rings. The fourth-order valence-electron chi connectivity index (χ4n) is 2.11. The number of ketones is 1. The van der Waals surface area contributed by atoms with Crippen molar-refractivity contribution in [1.29, 1.82) is 0 Å². The summed E-state index contributed by atoms with van der Waals surface area (Å²) in [7, 11) is 0. The normalized spacial score (nSPS) is 10.9. The number of nitrogens with one attached hydrogen (secondary N) is 1. The minimum absolute atomic E-state index is 0.0585. The van der Waals surface area contributed by atoms with Gasteiger partial charge >= 0.3 is 0 Å². The summed E-state index contributed by atoms with van der Waals surface area (Å²) < 4.78 is 15.2. The molecule has 0 saturated carbocycles. The van der Waals surface area contributed by atoms with Crippen molar-refractivity contribution in [2.75, 3.05) is 0 Å². The highest BCUT2D eigenvalue weighted by Gasteiger charge is 2.18. The molecule has 0 unspecified atom stereocenters. The van der Waals surface area contributed by atoms with Crippen LogP contribution in [0.3, 0.4) is 0 Å². The summed E-state index contributed by atoms with van der Waals surface area (Å²) in [6.45, 7) is 0. The number of rotatable bonds is 2. The molecule has 1 heterocycles. The second-order valence-electron chi connectivity index (χ2n) is 4.32. The lowest BCUT2D eigenvalue weighted by molar-refractivity contribution is 0.103. The van der Waals surface area contributed by atoms with E-state index < -0.39 is 5.82 Å². The van der Waals surface area contributed by atoms with Gasteiger partial charge in [-0.3, -0.25) is 4.79 Å². The average molecular weight is 397 g/mol. The van der Waals surface area contributed by atoms with Crippen LogP contribution in [0, 0.1) is 5.82 Å². The topological polar surface area (TPSA) is 32.9 Å². The van der Waals surface area contributed by atoms with Gasteiger partial charge in [-0.15, -0.1) is 0 Å².